The maximum absolute atomic E-state index is 5.39. The molecular formula is C9H20N4. The van der Waals surface area contributed by atoms with Crippen LogP contribution in [-0.2, 0) is 0 Å². The summed E-state index contributed by atoms with van der Waals surface area (Å²) in [5.74, 6) is 7.01. The lowest BCUT2D eigenvalue weighted by Crippen LogP contribution is -2.51. The Balaban J connectivity index is 2.60. The second-order valence-electron chi connectivity index (χ2n) is 3.86. The molecule has 13 heavy (non-hydrogen) atoms. The monoisotopic (exact) mass is 184 g/mol. The summed E-state index contributed by atoms with van der Waals surface area (Å²) in [6.45, 7) is 5.57. The molecule has 0 bridgehead atoms. The number of hydrogen-bond donors (Lipinski definition) is 2. The highest BCUT2D eigenvalue weighted by Crippen LogP contribution is 2.21. The Morgan fingerprint density at radius 1 is 1.54 bits per heavy atom. The largest absolute Gasteiger partial charge is 0.339 e. The van der Waals surface area contributed by atoms with Crippen molar-refractivity contribution in [1.29, 1.82) is 0 Å². The molecule has 1 saturated heterocycles. The molecule has 0 aromatic carbocycles. The minimum absolute atomic E-state index is 0.540. The van der Waals surface area contributed by atoms with E-state index in [0.29, 0.717) is 6.04 Å². The molecule has 4 heteroatoms. The van der Waals surface area contributed by atoms with Crippen molar-refractivity contribution >= 4 is 5.96 Å². The highest BCUT2D eigenvalue weighted by Gasteiger charge is 2.24. The molecule has 0 saturated carbocycles. The van der Waals surface area contributed by atoms with Crippen molar-refractivity contribution in [3.63, 3.8) is 0 Å². The third-order valence-electron chi connectivity index (χ3n) is 2.75. The van der Waals surface area contributed by atoms with Crippen LogP contribution in [0.4, 0.5) is 0 Å². The number of nitrogens with one attached hydrogen (secondary N) is 1. The highest BCUT2D eigenvalue weighted by atomic mass is 15.4. The van der Waals surface area contributed by atoms with Gasteiger partial charge in [-0.2, -0.15) is 0 Å². The lowest BCUT2D eigenvalue weighted by atomic mass is 9.94. The zero-order chi connectivity index (χ0) is 9.84. The summed E-state index contributed by atoms with van der Waals surface area (Å²) in [7, 11) is 1.76. The Morgan fingerprint density at radius 3 is 2.69 bits per heavy atom. The van der Waals surface area contributed by atoms with Gasteiger partial charge >= 0.3 is 0 Å². The topological polar surface area (TPSA) is 53.6 Å². The van der Waals surface area contributed by atoms with Crippen LogP contribution in [0.1, 0.15) is 26.7 Å². The van der Waals surface area contributed by atoms with Gasteiger partial charge < -0.3 is 4.90 Å². The van der Waals surface area contributed by atoms with Crippen LogP contribution >= 0.6 is 0 Å². The Kier molecular flexibility index (Phi) is 3.54. The van der Waals surface area contributed by atoms with Crippen LogP contribution in [0.15, 0.2) is 4.99 Å². The summed E-state index contributed by atoms with van der Waals surface area (Å²) in [6, 6.07) is 0.540. The van der Waals surface area contributed by atoms with Gasteiger partial charge in [0.15, 0.2) is 0 Å². The SMILES string of the molecule is CN=C(NN)N1CCC(C)CC1C. The Labute approximate surface area is 80.2 Å². The predicted octanol–water partition coefficient (Wildman–Crippen LogP) is 0.556. The molecule has 0 amide bonds. The number of hydrazine groups is 1. The van der Waals surface area contributed by atoms with Crippen LogP contribution in [0.3, 0.4) is 0 Å². The normalized spacial score (nSPS) is 30.5. The van der Waals surface area contributed by atoms with Gasteiger partial charge in [0.1, 0.15) is 0 Å². The summed E-state index contributed by atoms with van der Waals surface area (Å²) in [4.78, 5) is 6.35. The number of nitrogens with two attached hydrogens (primary N) is 1. The number of rotatable bonds is 0. The van der Waals surface area contributed by atoms with Gasteiger partial charge in [0.2, 0.25) is 5.96 Å². The first-order valence-electron chi connectivity index (χ1n) is 4.89. The number of guanidine groups is 1. The Bertz CT molecular complexity index is 190. The van der Waals surface area contributed by atoms with Crippen LogP contribution in [0, 0.1) is 5.92 Å². The second-order valence-corrected chi connectivity index (χ2v) is 3.86. The molecule has 0 aromatic rings. The summed E-state index contributed by atoms with van der Waals surface area (Å²) in [5, 5.41) is 0. The van der Waals surface area contributed by atoms with E-state index in [0.717, 1.165) is 18.4 Å². The third-order valence-corrected chi connectivity index (χ3v) is 2.75. The van der Waals surface area contributed by atoms with E-state index in [2.05, 4.69) is 29.2 Å². The van der Waals surface area contributed by atoms with E-state index in [9.17, 15) is 0 Å². The smallest absolute Gasteiger partial charge is 0.208 e. The van der Waals surface area contributed by atoms with E-state index >= 15 is 0 Å². The molecule has 0 aromatic heterocycles. The number of likely N-dealkylation sites (tertiary alicyclic amines) is 1. The zero-order valence-corrected chi connectivity index (χ0v) is 8.75. The molecule has 0 spiro atoms. The molecule has 1 fully saturated rings. The lowest BCUT2D eigenvalue weighted by molar-refractivity contribution is 0.204. The van der Waals surface area contributed by atoms with Gasteiger partial charge in [0.05, 0.1) is 0 Å². The van der Waals surface area contributed by atoms with Crippen molar-refractivity contribution in [2.24, 2.45) is 16.8 Å². The average Bonchev–Trinajstić information content (AvgIpc) is 2.10. The molecule has 3 N–H and O–H groups in total. The van der Waals surface area contributed by atoms with Crippen LogP contribution < -0.4 is 11.3 Å². The standard InChI is InChI=1S/C9H20N4/c1-7-4-5-13(8(2)6-7)9(11-3)12-10/h7-8H,4-6,10H2,1-3H3,(H,11,12). The summed E-state index contributed by atoms with van der Waals surface area (Å²) >= 11 is 0. The van der Waals surface area contributed by atoms with Crippen molar-refractivity contribution < 1.29 is 0 Å². The first-order chi connectivity index (χ1) is 6.19. The van der Waals surface area contributed by atoms with Gasteiger partial charge in [-0.25, -0.2) is 5.84 Å². The predicted molar refractivity (Wildman–Crippen MR) is 55.2 cm³/mol. The molecule has 0 aliphatic carbocycles. The van der Waals surface area contributed by atoms with E-state index in [1.807, 2.05) is 0 Å². The quantitative estimate of drug-likeness (QED) is 0.250. The van der Waals surface area contributed by atoms with Gasteiger partial charge in [-0.3, -0.25) is 10.4 Å². The van der Waals surface area contributed by atoms with Crippen LogP contribution in [0.5, 0.6) is 0 Å². The van der Waals surface area contributed by atoms with Crippen molar-refractivity contribution in [2.75, 3.05) is 13.6 Å². The van der Waals surface area contributed by atoms with E-state index in [1.165, 1.54) is 12.8 Å². The third kappa shape index (κ3) is 2.34. The van der Waals surface area contributed by atoms with Gasteiger partial charge in [0, 0.05) is 19.6 Å². The van der Waals surface area contributed by atoms with Gasteiger partial charge in [-0.05, 0) is 25.7 Å². The van der Waals surface area contributed by atoms with E-state index in [-0.39, 0.29) is 0 Å². The molecule has 1 rings (SSSR count). The fraction of sp³-hybridized carbons (Fsp3) is 0.889. The van der Waals surface area contributed by atoms with Crippen LogP contribution in [-0.4, -0.2) is 30.5 Å². The summed E-state index contributed by atoms with van der Waals surface area (Å²) < 4.78 is 0. The number of hydrogen-bond acceptors (Lipinski definition) is 2. The van der Waals surface area contributed by atoms with Gasteiger partial charge in [-0.15, -0.1) is 0 Å². The minimum atomic E-state index is 0.540. The van der Waals surface area contributed by atoms with Crippen molar-refractivity contribution in [1.82, 2.24) is 10.3 Å². The fourth-order valence-corrected chi connectivity index (χ4v) is 2.00. The van der Waals surface area contributed by atoms with Gasteiger partial charge in [-0.1, -0.05) is 6.92 Å². The number of piperidine rings is 1. The van der Waals surface area contributed by atoms with E-state index in [1.54, 1.807) is 7.05 Å². The molecule has 76 valence electrons. The molecular weight excluding hydrogens is 164 g/mol. The van der Waals surface area contributed by atoms with E-state index < -0.39 is 0 Å². The first kappa shape index (κ1) is 10.3. The minimum Gasteiger partial charge on any atom is -0.339 e. The summed E-state index contributed by atoms with van der Waals surface area (Å²) in [5.41, 5.74) is 2.64. The fourth-order valence-electron chi connectivity index (χ4n) is 2.00. The van der Waals surface area contributed by atoms with E-state index in [4.69, 9.17) is 5.84 Å². The zero-order valence-electron chi connectivity index (χ0n) is 8.75. The van der Waals surface area contributed by atoms with Crippen molar-refractivity contribution in [3.8, 4) is 0 Å². The van der Waals surface area contributed by atoms with Crippen molar-refractivity contribution in [3.05, 3.63) is 0 Å². The maximum atomic E-state index is 5.39. The Morgan fingerprint density at radius 2 is 2.23 bits per heavy atom. The highest BCUT2D eigenvalue weighted by molar-refractivity contribution is 5.79. The molecule has 2 atom stereocenters. The van der Waals surface area contributed by atoms with Crippen LogP contribution in [0.25, 0.3) is 0 Å². The number of nitrogens with zero attached hydrogens (tertiary/aromatic N) is 2. The molecule has 1 heterocycles. The Hall–Kier alpha value is -0.770. The lowest BCUT2D eigenvalue weighted by Gasteiger charge is -2.38. The maximum Gasteiger partial charge on any atom is 0.208 e. The summed E-state index contributed by atoms with van der Waals surface area (Å²) in [6.07, 6.45) is 2.45. The molecule has 2 unspecified atom stereocenters. The second kappa shape index (κ2) is 4.46. The number of aliphatic imine (C=N–C) groups is 1. The molecule has 4 nitrogen and oxygen atoms in total. The van der Waals surface area contributed by atoms with Crippen molar-refractivity contribution in [2.45, 2.75) is 32.7 Å². The molecule has 1 aliphatic rings. The molecule has 1 aliphatic heterocycles. The average molecular weight is 184 g/mol. The first-order valence-corrected chi connectivity index (χ1v) is 4.89. The molecule has 0 radical (unpaired) electrons. The van der Waals surface area contributed by atoms with Gasteiger partial charge in [0.25, 0.3) is 0 Å². The van der Waals surface area contributed by atoms with Crippen LogP contribution in [0.2, 0.25) is 0 Å².